The highest BCUT2D eigenvalue weighted by molar-refractivity contribution is 9.10. The molecular weight excluding hydrogens is 402 g/mol. The first-order valence-electron chi connectivity index (χ1n) is 8.07. The molecule has 1 aliphatic carbocycles. The highest BCUT2D eigenvalue weighted by Crippen LogP contribution is 2.33. The molecule has 2 heterocycles. The van der Waals surface area contributed by atoms with Crippen molar-refractivity contribution in [2.75, 3.05) is 7.11 Å². The van der Waals surface area contributed by atoms with Crippen molar-refractivity contribution in [2.24, 2.45) is 5.10 Å². The van der Waals surface area contributed by atoms with Crippen molar-refractivity contribution in [3.05, 3.63) is 55.4 Å². The Bertz CT molecular complexity index is 1040. The molecule has 7 heteroatoms. The lowest BCUT2D eigenvalue weighted by Gasteiger charge is -2.09. The van der Waals surface area contributed by atoms with Crippen molar-refractivity contribution in [3.8, 4) is 5.75 Å². The van der Waals surface area contributed by atoms with Gasteiger partial charge in [0.15, 0.2) is 0 Å². The molecule has 0 atom stereocenters. The maximum Gasteiger partial charge on any atom is 0.282 e. The van der Waals surface area contributed by atoms with Crippen molar-refractivity contribution >= 4 is 43.7 Å². The molecule has 0 unspecified atom stereocenters. The number of aromatic nitrogens is 2. The first-order chi connectivity index (χ1) is 12.2. The second kappa shape index (κ2) is 6.72. The van der Waals surface area contributed by atoms with Gasteiger partial charge < -0.3 is 4.74 Å². The molecule has 0 spiro atoms. The van der Waals surface area contributed by atoms with Crippen molar-refractivity contribution in [1.29, 1.82) is 0 Å². The predicted octanol–water partition coefficient (Wildman–Crippen LogP) is 3.99. The molecule has 0 amide bonds. The monoisotopic (exact) mass is 417 g/mol. The fourth-order valence-electron chi connectivity index (χ4n) is 3.11. The molecule has 2 aromatic heterocycles. The summed E-state index contributed by atoms with van der Waals surface area (Å²) in [6.07, 6.45) is 7.50. The summed E-state index contributed by atoms with van der Waals surface area (Å²) in [5.74, 6) is 0.752. The molecule has 0 N–H and O–H groups in total. The number of halogens is 1. The number of rotatable bonds is 3. The van der Waals surface area contributed by atoms with Crippen molar-refractivity contribution in [2.45, 2.75) is 25.7 Å². The van der Waals surface area contributed by atoms with Crippen LogP contribution < -0.4 is 10.3 Å². The number of hydrogen-bond acceptors (Lipinski definition) is 5. The molecule has 0 radical (unpaired) electrons. The zero-order valence-electron chi connectivity index (χ0n) is 13.7. The molecular formula is C18H16BrN3O2S. The van der Waals surface area contributed by atoms with Crippen LogP contribution in [0.3, 0.4) is 0 Å². The Morgan fingerprint density at radius 3 is 3.00 bits per heavy atom. The van der Waals surface area contributed by atoms with Crippen LogP contribution in [0.15, 0.2) is 38.9 Å². The second-order valence-electron chi connectivity index (χ2n) is 5.92. The SMILES string of the molecule is COc1ccc(C=Nn2cnc3sc4c(c3c2=O)CCCC4)cc1Br. The molecule has 0 saturated heterocycles. The zero-order valence-corrected chi connectivity index (χ0v) is 16.1. The van der Waals surface area contributed by atoms with E-state index in [9.17, 15) is 4.79 Å². The summed E-state index contributed by atoms with van der Waals surface area (Å²) in [7, 11) is 1.62. The Hall–Kier alpha value is -1.99. The van der Waals surface area contributed by atoms with E-state index < -0.39 is 0 Å². The average molecular weight is 418 g/mol. The van der Waals surface area contributed by atoms with E-state index in [1.165, 1.54) is 27.9 Å². The number of fused-ring (bicyclic) bond motifs is 3. The number of nitrogens with zero attached hydrogens (tertiary/aromatic N) is 3. The van der Waals surface area contributed by atoms with Gasteiger partial charge in [0, 0.05) is 4.88 Å². The van der Waals surface area contributed by atoms with Crippen LogP contribution in [0, 0.1) is 0 Å². The summed E-state index contributed by atoms with van der Waals surface area (Å²) < 4.78 is 7.38. The van der Waals surface area contributed by atoms with Gasteiger partial charge in [-0.15, -0.1) is 11.3 Å². The lowest BCUT2D eigenvalue weighted by Crippen LogP contribution is -2.18. The van der Waals surface area contributed by atoms with Crippen LogP contribution >= 0.6 is 27.3 Å². The zero-order chi connectivity index (χ0) is 17.4. The molecule has 128 valence electrons. The van der Waals surface area contributed by atoms with E-state index in [0.29, 0.717) is 0 Å². The van der Waals surface area contributed by atoms with Crippen LogP contribution in [0.25, 0.3) is 10.2 Å². The lowest BCUT2D eigenvalue weighted by molar-refractivity contribution is 0.412. The van der Waals surface area contributed by atoms with Crippen LogP contribution in [-0.4, -0.2) is 23.0 Å². The van der Waals surface area contributed by atoms with Crippen LogP contribution in [0.4, 0.5) is 0 Å². The number of thiophene rings is 1. The molecule has 5 nitrogen and oxygen atoms in total. The summed E-state index contributed by atoms with van der Waals surface area (Å²) in [6, 6.07) is 5.63. The Morgan fingerprint density at radius 1 is 1.36 bits per heavy atom. The third kappa shape index (κ3) is 3.02. The molecule has 4 rings (SSSR count). The maximum absolute atomic E-state index is 12.8. The van der Waals surface area contributed by atoms with Gasteiger partial charge in [-0.25, -0.2) is 4.98 Å². The van der Waals surface area contributed by atoms with Gasteiger partial charge in [0.2, 0.25) is 0 Å². The van der Waals surface area contributed by atoms with Gasteiger partial charge in [-0.3, -0.25) is 4.79 Å². The fraction of sp³-hybridized carbons (Fsp3) is 0.278. The van der Waals surface area contributed by atoms with Crippen LogP contribution in [0.2, 0.25) is 0 Å². The first-order valence-corrected chi connectivity index (χ1v) is 9.68. The molecule has 1 aromatic carbocycles. The van der Waals surface area contributed by atoms with Gasteiger partial charge >= 0.3 is 0 Å². The number of aryl methyl sites for hydroxylation is 2. The molecule has 1 aliphatic rings. The third-order valence-corrected chi connectivity index (χ3v) is 6.19. The van der Waals surface area contributed by atoms with Gasteiger partial charge in [-0.2, -0.15) is 9.78 Å². The number of hydrogen-bond donors (Lipinski definition) is 0. The summed E-state index contributed by atoms with van der Waals surface area (Å²) in [5, 5.41) is 5.06. The average Bonchev–Trinajstić information content (AvgIpc) is 3.00. The highest BCUT2D eigenvalue weighted by atomic mass is 79.9. The van der Waals surface area contributed by atoms with E-state index in [-0.39, 0.29) is 5.56 Å². The van der Waals surface area contributed by atoms with Crippen molar-refractivity contribution < 1.29 is 4.74 Å². The Kier molecular flexibility index (Phi) is 4.43. The summed E-state index contributed by atoms with van der Waals surface area (Å²) in [5.41, 5.74) is 1.96. The minimum atomic E-state index is -0.0896. The predicted molar refractivity (Wildman–Crippen MR) is 104 cm³/mol. The summed E-state index contributed by atoms with van der Waals surface area (Å²) in [6.45, 7) is 0. The van der Waals surface area contributed by atoms with Crippen molar-refractivity contribution in [3.63, 3.8) is 0 Å². The number of methoxy groups -OCH3 is 1. The topological polar surface area (TPSA) is 56.5 Å². The first kappa shape index (κ1) is 16.5. The van der Waals surface area contributed by atoms with E-state index >= 15 is 0 Å². The molecule has 0 bridgehead atoms. The van der Waals surface area contributed by atoms with Gasteiger partial charge in [0.1, 0.15) is 16.9 Å². The van der Waals surface area contributed by atoms with E-state index in [1.807, 2.05) is 18.2 Å². The molecule has 3 aromatic rings. The third-order valence-electron chi connectivity index (χ3n) is 4.37. The Labute approximate surface area is 157 Å². The summed E-state index contributed by atoms with van der Waals surface area (Å²) in [4.78, 5) is 19.4. The smallest absolute Gasteiger partial charge is 0.282 e. The van der Waals surface area contributed by atoms with E-state index in [2.05, 4.69) is 26.0 Å². The van der Waals surface area contributed by atoms with Gasteiger partial charge in [-0.1, -0.05) is 0 Å². The second-order valence-corrected chi connectivity index (χ2v) is 7.86. The van der Waals surface area contributed by atoms with E-state index in [4.69, 9.17) is 4.74 Å². The maximum atomic E-state index is 12.8. The molecule has 0 aliphatic heterocycles. The van der Waals surface area contributed by atoms with Gasteiger partial charge in [0.05, 0.1) is 23.2 Å². The lowest BCUT2D eigenvalue weighted by atomic mass is 9.97. The number of benzene rings is 1. The van der Waals surface area contributed by atoms with E-state index in [0.717, 1.165) is 45.3 Å². The Morgan fingerprint density at radius 2 is 2.20 bits per heavy atom. The Balaban J connectivity index is 1.73. The number of ether oxygens (including phenoxy) is 1. The highest BCUT2D eigenvalue weighted by Gasteiger charge is 2.19. The molecule has 0 saturated carbocycles. The largest absolute Gasteiger partial charge is 0.496 e. The fourth-order valence-corrected chi connectivity index (χ4v) is 4.89. The van der Waals surface area contributed by atoms with Crippen LogP contribution in [0.5, 0.6) is 5.75 Å². The van der Waals surface area contributed by atoms with Crippen LogP contribution in [-0.2, 0) is 12.8 Å². The molecule has 0 fully saturated rings. The normalized spacial score (nSPS) is 14.2. The minimum absolute atomic E-state index is 0.0896. The standard InChI is InChI=1S/C18H16BrN3O2S/c1-24-14-7-6-11(8-13(14)19)9-21-22-10-20-17-16(18(22)23)12-4-2-3-5-15(12)25-17/h6-10H,2-5H2,1H3. The minimum Gasteiger partial charge on any atom is -0.496 e. The van der Waals surface area contributed by atoms with Crippen LogP contribution in [0.1, 0.15) is 28.8 Å². The quantitative estimate of drug-likeness (QED) is 0.605. The van der Waals surface area contributed by atoms with Crippen molar-refractivity contribution in [1.82, 2.24) is 9.66 Å². The molecule has 25 heavy (non-hydrogen) atoms. The van der Waals surface area contributed by atoms with Gasteiger partial charge in [0.25, 0.3) is 5.56 Å². The summed E-state index contributed by atoms with van der Waals surface area (Å²) >= 11 is 5.10. The van der Waals surface area contributed by atoms with E-state index in [1.54, 1.807) is 24.7 Å². The van der Waals surface area contributed by atoms with Gasteiger partial charge in [-0.05, 0) is 70.9 Å².